The first-order valence-corrected chi connectivity index (χ1v) is 11.0. The largest absolute Gasteiger partial charge is 0.476 e. The second-order valence-electron chi connectivity index (χ2n) is 7.08. The number of nitrogens with zero attached hydrogens (tertiary/aromatic N) is 1. The summed E-state index contributed by atoms with van der Waals surface area (Å²) < 4.78 is 32.2. The van der Waals surface area contributed by atoms with Crippen molar-refractivity contribution in [1.82, 2.24) is 5.32 Å². The quantitative estimate of drug-likeness (QED) is 0.834. The Bertz CT molecular complexity index is 988. The maximum absolute atomic E-state index is 12.8. The number of carbonyl (C=O) groups excluding carboxylic acids is 1. The van der Waals surface area contributed by atoms with Gasteiger partial charge >= 0.3 is 0 Å². The minimum Gasteiger partial charge on any atom is -0.476 e. The van der Waals surface area contributed by atoms with Crippen LogP contribution in [0.4, 0.5) is 5.69 Å². The molecule has 2 aromatic carbocycles. The summed E-state index contributed by atoms with van der Waals surface area (Å²) >= 11 is 0. The maximum atomic E-state index is 12.8. The van der Waals surface area contributed by atoms with E-state index < -0.39 is 16.1 Å². The van der Waals surface area contributed by atoms with E-state index >= 15 is 0 Å². The molecular formula is C21H26N2O4S. The highest BCUT2D eigenvalue weighted by atomic mass is 32.2. The Hall–Kier alpha value is -2.54. The van der Waals surface area contributed by atoms with E-state index in [9.17, 15) is 13.2 Å². The van der Waals surface area contributed by atoms with E-state index in [0.29, 0.717) is 11.4 Å². The topological polar surface area (TPSA) is 75.7 Å². The highest BCUT2D eigenvalue weighted by Crippen LogP contribution is 2.35. The Morgan fingerprint density at radius 2 is 1.93 bits per heavy atom. The van der Waals surface area contributed by atoms with Crippen molar-refractivity contribution in [3.05, 3.63) is 59.2 Å². The molecule has 2 atom stereocenters. The van der Waals surface area contributed by atoms with Crippen LogP contribution in [0.25, 0.3) is 0 Å². The van der Waals surface area contributed by atoms with Crippen molar-refractivity contribution in [1.29, 1.82) is 0 Å². The predicted molar refractivity (Wildman–Crippen MR) is 110 cm³/mol. The number of aryl methyl sites for hydroxylation is 2. The van der Waals surface area contributed by atoms with Gasteiger partial charge in [0.2, 0.25) is 10.0 Å². The second-order valence-corrected chi connectivity index (χ2v) is 9.26. The molecule has 1 amide bonds. The van der Waals surface area contributed by atoms with Crippen LogP contribution in [0.3, 0.4) is 0 Å². The fourth-order valence-electron chi connectivity index (χ4n) is 3.18. The molecule has 1 N–H and O–H groups in total. The van der Waals surface area contributed by atoms with Crippen molar-refractivity contribution < 1.29 is 17.9 Å². The molecule has 6 nitrogen and oxygen atoms in total. The zero-order valence-corrected chi connectivity index (χ0v) is 17.4. The molecule has 1 aliphatic rings. The standard InChI is InChI=1S/C21H26N2O4S/c1-5-28(25,26)23-13-20(27-19-9-7-6-8-18(19)23)21(24)22-16(4)17-11-10-14(2)15(3)12-17/h6-12,16,20H,5,13H2,1-4H3,(H,22,24)/t16-,20-/m0/s1. The Balaban J connectivity index is 1.81. The van der Waals surface area contributed by atoms with Gasteiger partial charge < -0.3 is 10.1 Å². The maximum Gasteiger partial charge on any atom is 0.263 e. The van der Waals surface area contributed by atoms with Crippen molar-refractivity contribution >= 4 is 21.6 Å². The molecule has 0 bridgehead atoms. The summed E-state index contributed by atoms with van der Waals surface area (Å²) in [6, 6.07) is 12.7. The van der Waals surface area contributed by atoms with E-state index in [1.807, 2.05) is 39.0 Å². The summed E-state index contributed by atoms with van der Waals surface area (Å²) in [7, 11) is -3.52. The lowest BCUT2D eigenvalue weighted by molar-refractivity contribution is -0.128. The molecule has 28 heavy (non-hydrogen) atoms. The van der Waals surface area contributed by atoms with Gasteiger partial charge in [0.05, 0.1) is 24.0 Å². The lowest BCUT2D eigenvalue weighted by atomic mass is 10.0. The van der Waals surface area contributed by atoms with Crippen LogP contribution >= 0.6 is 0 Å². The molecule has 150 valence electrons. The number of amides is 1. The van der Waals surface area contributed by atoms with Crippen LogP contribution < -0.4 is 14.4 Å². The molecule has 0 aromatic heterocycles. The predicted octanol–water partition coefficient (Wildman–Crippen LogP) is 3.10. The molecule has 1 aliphatic heterocycles. The Morgan fingerprint density at radius 1 is 1.21 bits per heavy atom. The third kappa shape index (κ3) is 3.99. The number of sulfonamides is 1. The molecule has 0 radical (unpaired) electrons. The lowest BCUT2D eigenvalue weighted by Crippen LogP contribution is -2.51. The monoisotopic (exact) mass is 402 g/mol. The van der Waals surface area contributed by atoms with Crippen LogP contribution in [0.15, 0.2) is 42.5 Å². The van der Waals surface area contributed by atoms with Crippen molar-refractivity contribution in [2.45, 2.75) is 39.8 Å². The van der Waals surface area contributed by atoms with Crippen molar-refractivity contribution in [2.24, 2.45) is 0 Å². The number of nitrogens with one attached hydrogen (secondary N) is 1. The number of benzene rings is 2. The average molecular weight is 403 g/mol. The van der Waals surface area contributed by atoms with Gasteiger partial charge in [0, 0.05) is 0 Å². The van der Waals surface area contributed by atoms with Crippen LogP contribution in [0, 0.1) is 13.8 Å². The number of carbonyl (C=O) groups is 1. The number of fused-ring (bicyclic) bond motifs is 1. The van der Waals surface area contributed by atoms with Gasteiger partial charge in [-0.3, -0.25) is 9.10 Å². The summed E-state index contributed by atoms with van der Waals surface area (Å²) in [6.07, 6.45) is -0.912. The minimum atomic E-state index is -3.52. The average Bonchev–Trinajstić information content (AvgIpc) is 2.68. The van der Waals surface area contributed by atoms with E-state index in [4.69, 9.17) is 4.74 Å². The molecule has 0 aliphatic carbocycles. The van der Waals surface area contributed by atoms with E-state index in [-0.39, 0.29) is 24.2 Å². The van der Waals surface area contributed by atoms with Crippen LogP contribution in [-0.2, 0) is 14.8 Å². The first-order valence-electron chi connectivity index (χ1n) is 9.36. The lowest BCUT2D eigenvalue weighted by Gasteiger charge is -2.35. The highest BCUT2D eigenvalue weighted by Gasteiger charge is 2.36. The zero-order valence-electron chi connectivity index (χ0n) is 16.6. The highest BCUT2D eigenvalue weighted by molar-refractivity contribution is 7.92. The van der Waals surface area contributed by atoms with E-state index in [2.05, 4.69) is 5.32 Å². The van der Waals surface area contributed by atoms with Gasteiger partial charge in [-0.2, -0.15) is 0 Å². The first kappa shape index (κ1) is 20.2. The van der Waals surface area contributed by atoms with Crippen LogP contribution in [0.2, 0.25) is 0 Å². The van der Waals surface area contributed by atoms with E-state index in [1.54, 1.807) is 31.2 Å². The Kier molecular flexibility index (Phi) is 5.65. The third-order valence-electron chi connectivity index (χ3n) is 5.12. The number of hydrogen-bond acceptors (Lipinski definition) is 4. The summed E-state index contributed by atoms with van der Waals surface area (Å²) in [4.78, 5) is 12.8. The van der Waals surface area contributed by atoms with E-state index in [1.165, 1.54) is 9.87 Å². The van der Waals surface area contributed by atoms with Gasteiger partial charge in [-0.1, -0.05) is 30.3 Å². The Labute approximate surface area is 166 Å². The molecule has 0 unspecified atom stereocenters. The van der Waals surface area contributed by atoms with Crippen molar-refractivity contribution in [3.63, 3.8) is 0 Å². The van der Waals surface area contributed by atoms with Gasteiger partial charge in [0.15, 0.2) is 6.10 Å². The van der Waals surface area contributed by atoms with Gasteiger partial charge in [-0.25, -0.2) is 8.42 Å². The summed E-state index contributed by atoms with van der Waals surface area (Å²) in [5, 5.41) is 2.95. The molecular weight excluding hydrogens is 376 g/mol. The molecule has 0 saturated heterocycles. The van der Waals surface area contributed by atoms with Gasteiger partial charge in [-0.05, 0) is 56.5 Å². The van der Waals surface area contributed by atoms with Crippen LogP contribution in [0.1, 0.15) is 36.6 Å². The molecule has 1 heterocycles. The van der Waals surface area contributed by atoms with Gasteiger partial charge in [0.25, 0.3) is 5.91 Å². The molecule has 7 heteroatoms. The summed E-state index contributed by atoms with van der Waals surface area (Å²) in [6.45, 7) is 7.52. The summed E-state index contributed by atoms with van der Waals surface area (Å²) in [5.74, 6) is 0.00985. The van der Waals surface area contributed by atoms with Gasteiger partial charge in [0.1, 0.15) is 5.75 Å². The number of hydrogen-bond donors (Lipinski definition) is 1. The second kappa shape index (κ2) is 7.83. The minimum absolute atomic E-state index is 0.0430. The number of para-hydroxylation sites is 2. The first-order chi connectivity index (χ1) is 13.2. The molecule has 0 fully saturated rings. The van der Waals surface area contributed by atoms with E-state index in [0.717, 1.165) is 11.1 Å². The molecule has 0 saturated carbocycles. The molecule has 0 spiro atoms. The molecule has 3 rings (SSSR count). The van der Waals surface area contributed by atoms with Crippen molar-refractivity contribution in [3.8, 4) is 5.75 Å². The van der Waals surface area contributed by atoms with Crippen molar-refractivity contribution in [2.75, 3.05) is 16.6 Å². The SMILES string of the molecule is CCS(=O)(=O)N1C[C@@H](C(=O)N[C@@H](C)c2ccc(C)c(C)c2)Oc2ccccc21. The van der Waals surface area contributed by atoms with Crippen LogP contribution in [-0.4, -0.2) is 32.7 Å². The number of rotatable bonds is 5. The Morgan fingerprint density at radius 3 is 2.61 bits per heavy atom. The fourth-order valence-corrected chi connectivity index (χ4v) is 4.31. The van der Waals surface area contributed by atoms with Crippen LogP contribution in [0.5, 0.6) is 5.75 Å². The summed E-state index contributed by atoms with van der Waals surface area (Å²) in [5.41, 5.74) is 3.80. The number of anilines is 1. The normalized spacial score (nSPS) is 17.4. The number of ether oxygens (including phenoxy) is 1. The molecule has 2 aromatic rings. The third-order valence-corrected chi connectivity index (χ3v) is 6.86. The zero-order chi connectivity index (χ0) is 20.5. The smallest absolute Gasteiger partial charge is 0.263 e. The van der Waals surface area contributed by atoms with Gasteiger partial charge in [-0.15, -0.1) is 0 Å². The fraction of sp³-hybridized carbons (Fsp3) is 0.381.